The lowest BCUT2D eigenvalue weighted by atomic mass is 10.1. The number of fused-ring (bicyclic) bond motifs is 1. The average Bonchev–Trinajstić information content (AvgIpc) is 2.34. The van der Waals surface area contributed by atoms with Crippen LogP contribution in [0.2, 0.25) is 5.02 Å². The molecular formula is C13H15ClN2O2. The Labute approximate surface area is 110 Å². The smallest absolute Gasteiger partial charge is 0.261 e. The molecule has 0 aliphatic rings. The van der Waals surface area contributed by atoms with E-state index in [0.717, 1.165) is 6.42 Å². The summed E-state index contributed by atoms with van der Waals surface area (Å²) >= 11 is 5.87. The molecule has 0 spiro atoms. The first kappa shape index (κ1) is 13.1. The quantitative estimate of drug-likeness (QED) is 0.928. The molecule has 0 saturated carbocycles. The van der Waals surface area contributed by atoms with Crippen LogP contribution in [-0.2, 0) is 7.05 Å². The van der Waals surface area contributed by atoms with Gasteiger partial charge in [-0.2, -0.15) is 0 Å². The summed E-state index contributed by atoms with van der Waals surface area (Å²) in [6.45, 7) is 1.97. The highest BCUT2D eigenvalue weighted by Crippen LogP contribution is 2.19. The number of benzene rings is 1. The Balaban J connectivity index is 2.68. The van der Waals surface area contributed by atoms with Gasteiger partial charge >= 0.3 is 0 Å². The lowest BCUT2D eigenvalue weighted by molar-refractivity contribution is 0.152. The van der Waals surface area contributed by atoms with Gasteiger partial charge in [-0.1, -0.05) is 24.9 Å². The van der Waals surface area contributed by atoms with E-state index in [9.17, 15) is 9.90 Å². The molecule has 0 fully saturated rings. The summed E-state index contributed by atoms with van der Waals surface area (Å²) in [6.07, 6.45) is 0.697. The number of aromatic nitrogens is 2. The zero-order chi connectivity index (χ0) is 13.3. The Hall–Kier alpha value is -1.39. The maximum Gasteiger partial charge on any atom is 0.261 e. The van der Waals surface area contributed by atoms with E-state index < -0.39 is 6.10 Å². The third-order valence-corrected chi connectivity index (χ3v) is 3.17. The number of nitrogens with zero attached hydrogens (tertiary/aromatic N) is 2. The van der Waals surface area contributed by atoms with Gasteiger partial charge in [-0.05, 0) is 24.6 Å². The van der Waals surface area contributed by atoms with Gasteiger partial charge < -0.3 is 5.11 Å². The average molecular weight is 267 g/mol. The monoisotopic (exact) mass is 266 g/mol. The van der Waals surface area contributed by atoms with Crippen molar-refractivity contribution < 1.29 is 5.11 Å². The summed E-state index contributed by atoms with van der Waals surface area (Å²) in [5.41, 5.74) is 0.375. The molecule has 1 heterocycles. The second kappa shape index (κ2) is 5.08. The molecule has 96 valence electrons. The number of hydrogen-bond acceptors (Lipinski definition) is 3. The second-order valence-electron chi connectivity index (χ2n) is 4.30. The molecule has 0 radical (unpaired) electrons. The predicted molar refractivity (Wildman–Crippen MR) is 71.9 cm³/mol. The van der Waals surface area contributed by atoms with Crippen LogP contribution in [-0.4, -0.2) is 14.7 Å². The van der Waals surface area contributed by atoms with Crippen molar-refractivity contribution in [3.63, 3.8) is 0 Å². The lowest BCUT2D eigenvalue weighted by Gasteiger charge is -2.14. The molecule has 0 bridgehead atoms. The van der Waals surface area contributed by atoms with Crippen LogP contribution in [0.4, 0.5) is 0 Å². The van der Waals surface area contributed by atoms with Crippen molar-refractivity contribution in [3.8, 4) is 0 Å². The molecular weight excluding hydrogens is 252 g/mol. The molecule has 1 N–H and O–H groups in total. The molecule has 5 heteroatoms. The molecule has 2 rings (SSSR count). The van der Waals surface area contributed by atoms with E-state index in [0.29, 0.717) is 28.2 Å². The fourth-order valence-corrected chi connectivity index (χ4v) is 2.13. The highest BCUT2D eigenvalue weighted by molar-refractivity contribution is 6.31. The number of aliphatic hydroxyl groups is 1. The number of rotatable bonds is 3. The van der Waals surface area contributed by atoms with Crippen LogP contribution < -0.4 is 5.56 Å². The van der Waals surface area contributed by atoms with E-state index in [1.807, 2.05) is 6.92 Å². The summed E-state index contributed by atoms with van der Waals surface area (Å²) in [7, 11) is 1.61. The van der Waals surface area contributed by atoms with Gasteiger partial charge in [0.15, 0.2) is 0 Å². The second-order valence-corrected chi connectivity index (χ2v) is 4.74. The third kappa shape index (κ3) is 2.26. The zero-order valence-electron chi connectivity index (χ0n) is 10.4. The van der Waals surface area contributed by atoms with Gasteiger partial charge in [0.05, 0.1) is 10.9 Å². The van der Waals surface area contributed by atoms with Crippen LogP contribution in [0.1, 0.15) is 31.7 Å². The van der Waals surface area contributed by atoms with Crippen molar-refractivity contribution in [1.82, 2.24) is 9.55 Å². The van der Waals surface area contributed by atoms with Crippen LogP contribution in [0.15, 0.2) is 23.0 Å². The van der Waals surface area contributed by atoms with Crippen molar-refractivity contribution in [2.24, 2.45) is 7.05 Å². The maximum absolute atomic E-state index is 12.2. The summed E-state index contributed by atoms with van der Waals surface area (Å²) in [5.74, 6) is 0.400. The van der Waals surface area contributed by atoms with Crippen molar-refractivity contribution in [1.29, 1.82) is 0 Å². The molecule has 1 atom stereocenters. The predicted octanol–water partition coefficient (Wildman–Crippen LogP) is 2.42. The normalized spacial score (nSPS) is 12.9. The first-order valence-electron chi connectivity index (χ1n) is 5.89. The Bertz CT molecular complexity index is 637. The van der Waals surface area contributed by atoms with Gasteiger partial charge in [-0.3, -0.25) is 9.36 Å². The Morgan fingerprint density at radius 1 is 1.50 bits per heavy atom. The van der Waals surface area contributed by atoms with Crippen LogP contribution in [0.5, 0.6) is 0 Å². The Morgan fingerprint density at radius 3 is 2.89 bits per heavy atom. The molecule has 18 heavy (non-hydrogen) atoms. The highest BCUT2D eigenvalue weighted by Gasteiger charge is 2.15. The van der Waals surface area contributed by atoms with E-state index in [1.54, 1.807) is 25.2 Å². The van der Waals surface area contributed by atoms with Crippen molar-refractivity contribution in [2.45, 2.75) is 25.9 Å². The van der Waals surface area contributed by atoms with Crippen molar-refractivity contribution in [3.05, 3.63) is 39.4 Å². The molecule has 0 aliphatic carbocycles. The zero-order valence-corrected chi connectivity index (χ0v) is 11.1. The fourth-order valence-electron chi connectivity index (χ4n) is 1.96. The first-order chi connectivity index (χ1) is 8.54. The van der Waals surface area contributed by atoms with E-state index in [4.69, 9.17) is 11.6 Å². The van der Waals surface area contributed by atoms with E-state index in [-0.39, 0.29) is 5.56 Å². The van der Waals surface area contributed by atoms with Gasteiger partial charge in [0.2, 0.25) is 0 Å². The Morgan fingerprint density at radius 2 is 2.22 bits per heavy atom. The summed E-state index contributed by atoms with van der Waals surface area (Å²) in [4.78, 5) is 16.5. The Kier molecular flexibility index (Phi) is 3.68. The van der Waals surface area contributed by atoms with Crippen molar-refractivity contribution >= 4 is 22.5 Å². The molecule has 1 aromatic carbocycles. The van der Waals surface area contributed by atoms with Gasteiger partial charge in [0.1, 0.15) is 11.9 Å². The minimum absolute atomic E-state index is 0.187. The van der Waals surface area contributed by atoms with Crippen LogP contribution in [0, 0.1) is 0 Å². The van der Waals surface area contributed by atoms with Crippen LogP contribution in [0.25, 0.3) is 10.9 Å². The minimum Gasteiger partial charge on any atom is -0.385 e. The van der Waals surface area contributed by atoms with Crippen LogP contribution >= 0.6 is 11.6 Å². The fraction of sp³-hybridized carbons (Fsp3) is 0.385. The number of hydrogen-bond donors (Lipinski definition) is 1. The largest absolute Gasteiger partial charge is 0.385 e. The molecule has 0 saturated heterocycles. The summed E-state index contributed by atoms with van der Waals surface area (Å²) < 4.78 is 1.39. The van der Waals surface area contributed by atoms with Crippen LogP contribution in [0.3, 0.4) is 0 Å². The first-order valence-corrected chi connectivity index (χ1v) is 6.26. The van der Waals surface area contributed by atoms with Gasteiger partial charge in [0.25, 0.3) is 5.56 Å². The third-order valence-electron chi connectivity index (χ3n) is 2.93. The number of aliphatic hydroxyl groups excluding tert-OH is 1. The van der Waals surface area contributed by atoms with Gasteiger partial charge in [-0.25, -0.2) is 4.98 Å². The molecule has 0 unspecified atom stereocenters. The van der Waals surface area contributed by atoms with Gasteiger partial charge in [0, 0.05) is 12.1 Å². The molecule has 4 nitrogen and oxygen atoms in total. The molecule has 1 aromatic heterocycles. The summed E-state index contributed by atoms with van der Waals surface area (Å²) in [5, 5.41) is 11.0. The lowest BCUT2D eigenvalue weighted by Crippen LogP contribution is -2.24. The van der Waals surface area contributed by atoms with Crippen molar-refractivity contribution in [2.75, 3.05) is 0 Å². The van der Waals surface area contributed by atoms with E-state index in [2.05, 4.69) is 4.98 Å². The van der Waals surface area contributed by atoms with E-state index in [1.165, 1.54) is 4.57 Å². The standard InChI is InChI=1S/C13H15ClN2O2/c1-3-4-11(17)12-15-10-6-5-8(14)7-9(10)13(18)16(12)2/h5-7,11,17H,3-4H2,1-2H3/t11-/m0/s1. The van der Waals surface area contributed by atoms with Gasteiger partial charge in [-0.15, -0.1) is 0 Å². The highest BCUT2D eigenvalue weighted by atomic mass is 35.5. The molecule has 0 amide bonds. The topological polar surface area (TPSA) is 55.1 Å². The molecule has 2 aromatic rings. The maximum atomic E-state index is 12.2. The van der Waals surface area contributed by atoms with E-state index >= 15 is 0 Å². The summed E-state index contributed by atoms with van der Waals surface area (Å²) in [6, 6.07) is 4.98. The minimum atomic E-state index is -0.715. The SMILES string of the molecule is CCC[C@H](O)c1nc2ccc(Cl)cc2c(=O)n1C. The molecule has 0 aliphatic heterocycles. The number of halogens is 1.